The minimum atomic E-state index is -0.248. The average molecular weight is 331 g/mol. The molecule has 3 N–H and O–H groups in total. The lowest BCUT2D eigenvalue weighted by molar-refractivity contribution is -0.118. The lowest BCUT2D eigenvalue weighted by atomic mass is 10.1. The molecule has 0 saturated heterocycles. The first-order valence-electron chi connectivity index (χ1n) is 7.36. The fourth-order valence-corrected chi connectivity index (χ4v) is 1.87. The highest BCUT2D eigenvalue weighted by atomic mass is 35.5. The summed E-state index contributed by atoms with van der Waals surface area (Å²) in [4.78, 5) is 11.9. The number of nitrogens with two attached hydrogens (primary N) is 1. The number of hydrogen-bond acceptors (Lipinski definition) is 4. The molecule has 0 bridgehead atoms. The Bertz CT molecular complexity index is 451. The van der Waals surface area contributed by atoms with Gasteiger partial charge in [-0.05, 0) is 37.1 Å². The number of amides is 1. The number of methoxy groups -OCH3 is 1. The number of nitrogens with one attached hydrogen (secondary N) is 1. The van der Waals surface area contributed by atoms with Gasteiger partial charge in [-0.3, -0.25) is 4.79 Å². The van der Waals surface area contributed by atoms with E-state index in [1.54, 1.807) is 7.11 Å². The number of hydrogen-bond donors (Lipinski definition) is 2. The molecule has 1 aromatic carbocycles. The first kappa shape index (κ1) is 20.7. The Labute approximate surface area is 139 Å². The van der Waals surface area contributed by atoms with Gasteiger partial charge in [0.15, 0.2) is 0 Å². The van der Waals surface area contributed by atoms with Crippen molar-refractivity contribution in [2.75, 3.05) is 25.6 Å². The molecule has 0 aliphatic rings. The number of rotatable bonds is 9. The van der Waals surface area contributed by atoms with Gasteiger partial charge in [0.25, 0.3) is 0 Å². The summed E-state index contributed by atoms with van der Waals surface area (Å²) >= 11 is 0. The van der Waals surface area contributed by atoms with Gasteiger partial charge in [-0.2, -0.15) is 0 Å². The van der Waals surface area contributed by atoms with Gasteiger partial charge in [0.1, 0.15) is 5.75 Å². The van der Waals surface area contributed by atoms with E-state index in [9.17, 15) is 4.79 Å². The van der Waals surface area contributed by atoms with Crippen LogP contribution in [0.25, 0.3) is 0 Å². The Morgan fingerprint density at radius 2 is 2.14 bits per heavy atom. The number of benzene rings is 1. The molecule has 0 radical (unpaired) electrons. The number of unbranched alkanes of at least 4 members (excludes halogenated alkanes) is 1. The third kappa shape index (κ3) is 7.11. The molecule has 1 amide bonds. The van der Waals surface area contributed by atoms with Crippen LogP contribution >= 0.6 is 12.4 Å². The highest BCUT2D eigenvalue weighted by molar-refractivity contribution is 5.91. The lowest BCUT2D eigenvalue weighted by Crippen LogP contribution is -2.28. The molecule has 0 saturated carbocycles. The first-order valence-corrected chi connectivity index (χ1v) is 7.36. The van der Waals surface area contributed by atoms with Gasteiger partial charge < -0.3 is 20.5 Å². The van der Waals surface area contributed by atoms with Crippen LogP contribution in [0, 0.1) is 6.92 Å². The predicted octanol–water partition coefficient (Wildman–Crippen LogP) is 2.90. The fraction of sp³-hybridized carbons (Fsp3) is 0.562. The third-order valence-corrected chi connectivity index (χ3v) is 3.25. The van der Waals surface area contributed by atoms with Crippen molar-refractivity contribution in [1.29, 1.82) is 0 Å². The molecule has 1 rings (SSSR count). The van der Waals surface area contributed by atoms with Crippen molar-refractivity contribution in [3.8, 4) is 5.75 Å². The average Bonchev–Trinajstić information content (AvgIpc) is 2.47. The Morgan fingerprint density at radius 3 is 2.68 bits per heavy atom. The van der Waals surface area contributed by atoms with E-state index in [0.29, 0.717) is 13.2 Å². The molecule has 22 heavy (non-hydrogen) atoms. The standard InChI is InChI=1S/C16H26N2O3.ClH/c1-4-5-8-21-13-6-7-15(12(2)9-13)18-16(19)10-14(11-17)20-3;/h6-7,9,14H,4-5,8,10-11,17H2,1-3H3,(H,18,19);1H. The van der Waals surface area contributed by atoms with Gasteiger partial charge in [0.2, 0.25) is 5.91 Å². The first-order chi connectivity index (χ1) is 10.1. The van der Waals surface area contributed by atoms with Gasteiger partial charge in [-0.1, -0.05) is 13.3 Å². The molecule has 1 atom stereocenters. The summed E-state index contributed by atoms with van der Waals surface area (Å²) in [5, 5.41) is 2.87. The van der Waals surface area contributed by atoms with E-state index in [-0.39, 0.29) is 30.8 Å². The Balaban J connectivity index is 0.00000441. The summed E-state index contributed by atoms with van der Waals surface area (Å²) in [6.45, 7) is 5.11. The van der Waals surface area contributed by atoms with Crippen LogP contribution in [0.3, 0.4) is 0 Å². The molecule has 0 aliphatic carbocycles. The SMILES string of the molecule is CCCCOc1ccc(NC(=O)CC(CN)OC)c(C)c1.Cl. The van der Waals surface area contributed by atoms with Crippen LogP contribution in [-0.2, 0) is 9.53 Å². The van der Waals surface area contributed by atoms with Crippen molar-refractivity contribution in [3.05, 3.63) is 23.8 Å². The number of carbonyl (C=O) groups is 1. The van der Waals surface area contributed by atoms with Gasteiger partial charge in [0.05, 0.1) is 19.1 Å². The van der Waals surface area contributed by atoms with Crippen molar-refractivity contribution in [3.63, 3.8) is 0 Å². The Morgan fingerprint density at radius 1 is 1.41 bits per heavy atom. The zero-order chi connectivity index (χ0) is 15.7. The van der Waals surface area contributed by atoms with E-state index in [4.69, 9.17) is 15.2 Å². The highest BCUT2D eigenvalue weighted by Crippen LogP contribution is 2.22. The Kier molecular flexibility index (Phi) is 10.6. The maximum absolute atomic E-state index is 11.9. The minimum Gasteiger partial charge on any atom is -0.494 e. The second kappa shape index (κ2) is 11.3. The zero-order valence-electron chi connectivity index (χ0n) is 13.6. The lowest BCUT2D eigenvalue weighted by Gasteiger charge is -2.14. The van der Waals surface area contributed by atoms with Crippen LogP contribution in [0.1, 0.15) is 31.7 Å². The fourth-order valence-electron chi connectivity index (χ4n) is 1.87. The van der Waals surface area contributed by atoms with Crippen LogP contribution < -0.4 is 15.8 Å². The molecule has 0 fully saturated rings. The number of halogens is 1. The third-order valence-electron chi connectivity index (χ3n) is 3.25. The number of carbonyl (C=O) groups excluding carboxylic acids is 1. The maximum atomic E-state index is 11.9. The molecule has 0 heterocycles. The van der Waals surface area contributed by atoms with E-state index in [1.807, 2.05) is 25.1 Å². The minimum absolute atomic E-state index is 0. The van der Waals surface area contributed by atoms with Gasteiger partial charge in [0, 0.05) is 19.3 Å². The smallest absolute Gasteiger partial charge is 0.227 e. The Hall–Kier alpha value is -1.30. The number of ether oxygens (including phenoxy) is 2. The van der Waals surface area contributed by atoms with Gasteiger partial charge in [-0.15, -0.1) is 12.4 Å². The van der Waals surface area contributed by atoms with Crippen molar-refractivity contribution >= 4 is 24.0 Å². The molecule has 0 spiro atoms. The summed E-state index contributed by atoms with van der Waals surface area (Å²) in [5.74, 6) is 0.728. The van der Waals surface area contributed by atoms with Crippen LogP contribution in [0.15, 0.2) is 18.2 Å². The van der Waals surface area contributed by atoms with Crippen molar-refractivity contribution in [1.82, 2.24) is 0 Å². The normalized spacial score (nSPS) is 11.5. The van der Waals surface area contributed by atoms with Crippen molar-refractivity contribution in [2.45, 2.75) is 39.2 Å². The molecule has 5 nitrogen and oxygen atoms in total. The highest BCUT2D eigenvalue weighted by Gasteiger charge is 2.12. The second-order valence-electron chi connectivity index (χ2n) is 5.02. The number of anilines is 1. The van der Waals surface area contributed by atoms with Gasteiger partial charge in [-0.25, -0.2) is 0 Å². The summed E-state index contributed by atoms with van der Waals surface area (Å²) in [5.41, 5.74) is 7.27. The summed E-state index contributed by atoms with van der Waals surface area (Å²) in [6.07, 6.45) is 2.15. The predicted molar refractivity (Wildman–Crippen MR) is 91.9 cm³/mol. The van der Waals surface area contributed by atoms with Crippen LogP contribution in [-0.4, -0.2) is 32.3 Å². The molecular formula is C16H27ClN2O3. The summed E-state index contributed by atoms with van der Waals surface area (Å²) < 4.78 is 10.7. The van der Waals surface area contributed by atoms with Crippen molar-refractivity contribution in [2.24, 2.45) is 5.73 Å². The molecule has 0 aromatic heterocycles. The summed E-state index contributed by atoms with van der Waals surface area (Å²) in [6, 6.07) is 5.66. The molecule has 6 heteroatoms. The topological polar surface area (TPSA) is 73.6 Å². The quantitative estimate of drug-likeness (QED) is 0.683. The maximum Gasteiger partial charge on any atom is 0.227 e. The van der Waals surface area contributed by atoms with Crippen molar-refractivity contribution < 1.29 is 14.3 Å². The molecule has 126 valence electrons. The molecule has 1 aromatic rings. The van der Waals surface area contributed by atoms with E-state index < -0.39 is 0 Å². The zero-order valence-corrected chi connectivity index (χ0v) is 14.4. The molecular weight excluding hydrogens is 304 g/mol. The van der Waals surface area contributed by atoms with E-state index >= 15 is 0 Å². The molecule has 0 aliphatic heterocycles. The van der Waals surface area contributed by atoms with E-state index in [0.717, 1.165) is 29.8 Å². The van der Waals surface area contributed by atoms with Crippen LogP contribution in [0.4, 0.5) is 5.69 Å². The summed E-state index contributed by atoms with van der Waals surface area (Å²) in [7, 11) is 1.55. The second-order valence-corrected chi connectivity index (χ2v) is 5.02. The largest absolute Gasteiger partial charge is 0.494 e. The van der Waals surface area contributed by atoms with E-state index in [1.165, 1.54) is 0 Å². The van der Waals surface area contributed by atoms with E-state index in [2.05, 4.69) is 12.2 Å². The number of aryl methyl sites for hydroxylation is 1. The van der Waals surface area contributed by atoms with Crippen LogP contribution in [0.5, 0.6) is 5.75 Å². The monoisotopic (exact) mass is 330 g/mol. The van der Waals surface area contributed by atoms with Crippen LogP contribution in [0.2, 0.25) is 0 Å². The molecule has 1 unspecified atom stereocenters. The van der Waals surface area contributed by atoms with Gasteiger partial charge >= 0.3 is 0 Å².